The molecule has 140 valence electrons. The van der Waals surface area contributed by atoms with E-state index in [2.05, 4.69) is 21.0 Å². The smallest absolute Gasteiger partial charge is 0.259 e. The van der Waals surface area contributed by atoms with Crippen molar-refractivity contribution in [1.82, 2.24) is 5.01 Å². The van der Waals surface area contributed by atoms with Crippen molar-refractivity contribution in [1.29, 1.82) is 0 Å². The lowest BCUT2D eigenvalue weighted by atomic mass is 10.2. The Bertz CT molecular complexity index is 907. The summed E-state index contributed by atoms with van der Waals surface area (Å²) >= 11 is 9.83. The predicted molar refractivity (Wildman–Crippen MR) is 111 cm³/mol. The van der Waals surface area contributed by atoms with Crippen molar-refractivity contribution in [2.75, 3.05) is 12.9 Å². The van der Waals surface area contributed by atoms with Gasteiger partial charge >= 0.3 is 0 Å². The van der Waals surface area contributed by atoms with E-state index in [1.165, 1.54) is 42.2 Å². The maximum absolute atomic E-state index is 13.3. The van der Waals surface area contributed by atoms with Crippen LogP contribution in [0.15, 0.2) is 46.0 Å². The van der Waals surface area contributed by atoms with Gasteiger partial charge in [0.25, 0.3) is 5.91 Å². The molecule has 27 heavy (non-hydrogen) atoms. The molecule has 0 atom stereocenters. The number of methoxy groups -OCH3 is 1. The molecule has 0 aliphatic carbocycles. The Morgan fingerprint density at radius 3 is 2.89 bits per heavy atom. The van der Waals surface area contributed by atoms with Crippen molar-refractivity contribution in [3.63, 3.8) is 0 Å². The molecule has 1 aliphatic rings. The van der Waals surface area contributed by atoms with E-state index in [-0.39, 0.29) is 18.3 Å². The van der Waals surface area contributed by atoms with Gasteiger partial charge in [-0.2, -0.15) is 10.1 Å². The van der Waals surface area contributed by atoms with Gasteiger partial charge in [-0.15, -0.1) is 0 Å². The number of hydrogen-bond acceptors (Lipinski definition) is 6. The highest BCUT2D eigenvalue weighted by Gasteiger charge is 2.26. The summed E-state index contributed by atoms with van der Waals surface area (Å²) in [4.78, 5) is 11.7. The Morgan fingerprint density at radius 1 is 1.41 bits per heavy atom. The number of benzene rings is 2. The summed E-state index contributed by atoms with van der Waals surface area (Å²) in [7, 11) is 1.52. The summed E-state index contributed by atoms with van der Waals surface area (Å²) in [5, 5.41) is 5.35. The number of ether oxygens (including phenoxy) is 2. The summed E-state index contributed by atoms with van der Waals surface area (Å²) in [6, 6.07) is 9.70. The average molecular weight is 469 g/mol. The van der Waals surface area contributed by atoms with Gasteiger partial charge in [0.05, 0.1) is 23.5 Å². The second-order valence-corrected chi connectivity index (χ2v) is 7.92. The fourth-order valence-corrected chi connectivity index (χ4v) is 3.86. The highest BCUT2D eigenvalue weighted by atomic mass is 79.9. The first kappa shape index (κ1) is 19.8. The molecule has 9 heteroatoms. The molecule has 0 radical (unpaired) electrons. The fourth-order valence-electron chi connectivity index (χ4n) is 2.32. The third kappa shape index (κ3) is 4.85. The first-order valence-electron chi connectivity index (χ1n) is 7.76. The summed E-state index contributed by atoms with van der Waals surface area (Å²) < 4.78 is 25.6. The number of hydrogen-bond donors (Lipinski definition) is 0. The van der Waals surface area contributed by atoms with Crippen LogP contribution in [0.3, 0.4) is 0 Å². The van der Waals surface area contributed by atoms with Gasteiger partial charge in [-0.25, -0.2) is 4.39 Å². The number of hydrazone groups is 1. The highest BCUT2D eigenvalue weighted by Crippen LogP contribution is 2.37. The first-order chi connectivity index (χ1) is 13.0. The number of carbonyl (C=O) groups excluding carboxylic acids is 1. The molecule has 0 bridgehead atoms. The Kier molecular flexibility index (Phi) is 6.46. The van der Waals surface area contributed by atoms with Gasteiger partial charge < -0.3 is 9.47 Å². The number of rotatable bonds is 6. The van der Waals surface area contributed by atoms with Crippen LogP contribution in [0.4, 0.5) is 4.39 Å². The molecule has 5 nitrogen and oxygen atoms in total. The third-order valence-corrected chi connectivity index (χ3v) is 5.50. The molecule has 2 aromatic rings. The van der Waals surface area contributed by atoms with Gasteiger partial charge in [0.15, 0.2) is 15.8 Å². The number of thioether (sulfide) groups is 1. The first-order valence-corrected chi connectivity index (χ1v) is 9.95. The van der Waals surface area contributed by atoms with E-state index in [0.717, 1.165) is 0 Å². The largest absolute Gasteiger partial charge is 0.493 e. The normalized spacial score (nSPS) is 14.3. The minimum absolute atomic E-state index is 0.151. The highest BCUT2D eigenvalue weighted by molar-refractivity contribution is 9.10. The molecule has 1 fully saturated rings. The molecular formula is C18H14BrFN2O3S2. The van der Waals surface area contributed by atoms with E-state index in [9.17, 15) is 9.18 Å². The lowest BCUT2D eigenvalue weighted by Crippen LogP contribution is -2.22. The van der Waals surface area contributed by atoms with Crippen LogP contribution in [0, 0.1) is 5.82 Å². The standard InChI is InChI=1S/C18H14BrFN2O3S2/c1-24-15-7-12(8-21-22-16(23)10-27-18(22)26)6-14(19)17(15)25-9-11-3-2-4-13(20)5-11/h2-8H,9-10H2,1H3/b21-8+. The van der Waals surface area contributed by atoms with Gasteiger partial charge in [0.1, 0.15) is 12.4 Å². The number of carbonyl (C=O) groups is 1. The van der Waals surface area contributed by atoms with Crippen LogP contribution in [-0.4, -0.2) is 34.3 Å². The van der Waals surface area contributed by atoms with E-state index in [0.29, 0.717) is 37.2 Å². The lowest BCUT2D eigenvalue weighted by molar-refractivity contribution is -0.123. The van der Waals surface area contributed by atoms with Gasteiger partial charge in [-0.05, 0) is 51.3 Å². The van der Waals surface area contributed by atoms with Crippen LogP contribution < -0.4 is 9.47 Å². The zero-order valence-corrected chi connectivity index (χ0v) is 17.4. The molecule has 0 spiro atoms. The van der Waals surface area contributed by atoms with E-state index in [1.54, 1.807) is 24.3 Å². The Hall–Kier alpha value is -1.97. The quantitative estimate of drug-likeness (QED) is 0.465. The van der Waals surface area contributed by atoms with E-state index < -0.39 is 0 Å². The number of halogens is 2. The number of amides is 1. The SMILES string of the molecule is COc1cc(/C=N/N2C(=O)CSC2=S)cc(Br)c1OCc1cccc(F)c1. The molecule has 0 saturated carbocycles. The third-order valence-electron chi connectivity index (χ3n) is 3.57. The molecule has 1 heterocycles. The topological polar surface area (TPSA) is 51.1 Å². The van der Waals surface area contributed by atoms with Gasteiger partial charge in [-0.3, -0.25) is 4.79 Å². The van der Waals surface area contributed by atoms with Crippen molar-refractivity contribution in [3.05, 3.63) is 57.8 Å². The summed E-state index contributed by atoms with van der Waals surface area (Å²) in [6.07, 6.45) is 1.53. The van der Waals surface area contributed by atoms with Crippen LogP contribution in [0.25, 0.3) is 0 Å². The summed E-state index contributed by atoms with van der Waals surface area (Å²) in [6.45, 7) is 0.188. The van der Waals surface area contributed by atoms with Gasteiger partial charge in [0, 0.05) is 0 Å². The molecule has 3 rings (SSSR count). The molecule has 1 saturated heterocycles. The molecule has 1 aliphatic heterocycles. The van der Waals surface area contributed by atoms with Crippen molar-refractivity contribution in [2.45, 2.75) is 6.61 Å². The fraction of sp³-hybridized carbons (Fsp3) is 0.167. The van der Waals surface area contributed by atoms with Crippen molar-refractivity contribution in [2.24, 2.45) is 5.10 Å². The van der Waals surface area contributed by atoms with E-state index >= 15 is 0 Å². The Morgan fingerprint density at radius 2 is 2.22 bits per heavy atom. The van der Waals surface area contributed by atoms with Crippen molar-refractivity contribution < 1.29 is 18.7 Å². The lowest BCUT2D eigenvalue weighted by Gasteiger charge is -2.14. The van der Waals surface area contributed by atoms with Crippen LogP contribution in [0.5, 0.6) is 11.5 Å². The second-order valence-electron chi connectivity index (χ2n) is 5.46. The van der Waals surface area contributed by atoms with E-state index in [1.807, 2.05) is 0 Å². The molecular weight excluding hydrogens is 455 g/mol. The van der Waals surface area contributed by atoms with Crippen LogP contribution in [0.2, 0.25) is 0 Å². The van der Waals surface area contributed by atoms with Crippen molar-refractivity contribution >= 4 is 56.4 Å². The molecule has 2 aromatic carbocycles. The van der Waals surface area contributed by atoms with Crippen LogP contribution >= 0.6 is 39.9 Å². The predicted octanol–water partition coefficient (Wildman–Crippen LogP) is 4.37. The molecule has 0 N–H and O–H groups in total. The maximum Gasteiger partial charge on any atom is 0.259 e. The maximum atomic E-state index is 13.3. The average Bonchev–Trinajstić information content (AvgIpc) is 2.96. The van der Waals surface area contributed by atoms with Gasteiger partial charge in [0.2, 0.25) is 0 Å². The zero-order valence-electron chi connectivity index (χ0n) is 14.1. The monoisotopic (exact) mass is 468 g/mol. The number of thiocarbonyl (C=S) groups is 1. The molecule has 0 aromatic heterocycles. The second kappa shape index (κ2) is 8.81. The van der Waals surface area contributed by atoms with Crippen LogP contribution in [0.1, 0.15) is 11.1 Å². The van der Waals surface area contributed by atoms with Crippen molar-refractivity contribution in [3.8, 4) is 11.5 Å². The van der Waals surface area contributed by atoms with E-state index in [4.69, 9.17) is 21.7 Å². The number of nitrogens with zero attached hydrogens (tertiary/aromatic N) is 2. The minimum Gasteiger partial charge on any atom is -0.493 e. The van der Waals surface area contributed by atoms with Crippen LogP contribution in [-0.2, 0) is 11.4 Å². The van der Waals surface area contributed by atoms with Gasteiger partial charge in [-0.1, -0.05) is 36.1 Å². The molecule has 0 unspecified atom stereocenters. The Labute approximate surface area is 173 Å². The minimum atomic E-state index is -0.318. The zero-order chi connectivity index (χ0) is 19.4. The summed E-state index contributed by atoms with van der Waals surface area (Å²) in [5.74, 6) is 0.800. The Balaban J connectivity index is 1.78. The molecule has 1 amide bonds. The summed E-state index contributed by atoms with van der Waals surface area (Å²) in [5.41, 5.74) is 1.40.